The molecule has 1 saturated heterocycles. The highest BCUT2D eigenvalue weighted by atomic mass is 79.9. The molecule has 15 heteroatoms. The second-order valence-electron chi connectivity index (χ2n) is 9.68. The Kier molecular flexibility index (Phi) is 7.94. The third-order valence-corrected chi connectivity index (χ3v) is 10.9. The van der Waals surface area contributed by atoms with E-state index in [1.807, 2.05) is 18.2 Å². The number of fused-ring (bicyclic) bond motifs is 2. The number of nitrogens with one attached hydrogen (secondary N) is 1. The summed E-state index contributed by atoms with van der Waals surface area (Å²) in [5.41, 5.74) is 1.15. The highest BCUT2D eigenvalue weighted by Crippen LogP contribution is 2.54. The van der Waals surface area contributed by atoms with Gasteiger partial charge in [0, 0.05) is 33.1 Å². The number of hydrogen-bond acceptors (Lipinski definition) is 8. The number of carbonyl (C=O) groups is 3. The quantitative estimate of drug-likeness (QED) is 0.140. The maximum Gasteiger partial charge on any atom is 0.308 e. The van der Waals surface area contributed by atoms with E-state index in [9.17, 15) is 29.3 Å². The Hall–Kier alpha value is -3.49. The summed E-state index contributed by atoms with van der Waals surface area (Å²) in [5.74, 6) is -2.99. The number of nitro groups is 1. The molecule has 3 heterocycles. The SMILES string of the molecule is O=C(Cn1c2c(sc1=O)[C@H](c1cccc(Br)c1)C1C(=O)N(c3ccc([N+](=O)[O-])cc3)C(=O)C1S2)Nc1ccc(Cl)c(Cl)c1. The van der Waals surface area contributed by atoms with Crippen LogP contribution < -0.4 is 15.1 Å². The molecule has 2 aliphatic heterocycles. The van der Waals surface area contributed by atoms with Crippen LogP contribution in [0.5, 0.6) is 0 Å². The Morgan fingerprint density at radius 1 is 1.00 bits per heavy atom. The van der Waals surface area contributed by atoms with Gasteiger partial charge in [0.05, 0.1) is 31.6 Å². The normalized spacial score (nSPS) is 19.2. The third kappa shape index (κ3) is 5.40. The predicted octanol–water partition coefficient (Wildman–Crippen LogP) is 6.32. The molecule has 2 aliphatic rings. The summed E-state index contributed by atoms with van der Waals surface area (Å²) >= 11 is 17.5. The zero-order valence-corrected chi connectivity index (χ0v) is 26.3. The van der Waals surface area contributed by atoms with Crippen molar-refractivity contribution in [2.75, 3.05) is 10.2 Å². The zero-order valence-electron chi connectivity index (χ0n) is 21.5. The topological polar surface area (TPSA) is 132 Å². The number of thiazole rings is 1. The Bertz CT molecular complexity index is 1900. The third-order valence-electron chi connectivity index (χ3n) is 7.08. The standard InChI is InChI=1S/C28H17BrCl2N4O6S2/c29-14-3-1-2-13(10-14)21-22-23(26(38)34(25(22)37)16-5-7-17(8-6-16)35(40)41)42-27-24(21)43-28(39)33(27)12-20(36)32-15-4-9-18(30)19(31)11-15/h1-11,21-23H,12H2,(H,32,36)/t21-,22?,23?/m1/s1. The molecule has 1 aromatic heterocycles. The molecule has 1 fully saturated rings. The van der Waals surface area contributed by atoms with Crippen LogP contribution in [0.25, 0.3) is 0 Å². The molecule has 3 aromatic carbocycles. The van der Waals surface area contributed by atoms with Gasteiger partial charge in [-0.25, -0.2) is 4.90 Å². The molecule has 2 unspecified atom stereocenters. The fourth-order valence-electron chi connectivity index (χ4n) is 5.21. The first-order chi connectivity index (χ1) is 20.5. The summed E-state index contributed by atoms with van der Waals surface area (Å²) in [6.07, 6.45) is 0. The van der Waals surface area contributed by atoms with Crippen molar-refractivity contribution in [2.45, 2.75) is 22.7 Å². The minimum atomic E-state index is -0.905. The summed E-state index contributed by atoms with van der Waals surface area (Å²) in [4.78, 5) is 65.9. The molecular weight excluding hydrogens is 703 g/mol. The Morgan fingerprint density at radius 3 is 2.42 bits per heavy atom. The Morgan fingerprint density at radius 2 is 1.74 bits per heavy atom. The first kappa shape index (κ1) is 29.6. The monoisotopic (exact) mass is 718 g/mol. The van der Waals surface area contributed by atoms with Crippen LogP contribution in [0.4, 0.5) is 17.1 Å². The number of nitro benzene ring substituents is 1. The molecule has 0 saturated carbocycles. The lowest BCUT2D eigenvalue weighted by molar-refractivity contribution is -0.384. The van der Waals surface area contributed by atoms with Gasteiger partial charge in [-0.15, -0.1) is 0 Å². The molecule has 43 heavy (non-hydrogen) atoms. The number of aromatic nitrogens is 1. The smallest absolute Gasteiger partial charge is 0.308 e. The van der Waals surface area contributed by atoms with Crippen LogP contribution in [0, 0.1) is 16.0 Å². The van der Waals surface area contributed by atoms with Gasteiger partial charge in [0.2, 0.25) is 17.7 Å². The van der Waals surface area contributed by atoms with Crippen molar-refractivity contribution in [1.82, 2.24) is 4.57 Å². The average molecular weight is 720 g/mol. The molecular formula is C28H17BrCl2N4O6S2. The average Bonchev–Trinajstić information content (AvgIpc) is 3.41. The van der Waals surface area contributed by atoms with Crippen molar-refractivity contribution in [3.63, 3.8) is 0 Å². The molecule has 0 radical (unpaired) electrons. The molecule has 3 amide bonds. The highest BCUT2D eigenvalue weighted by molar-refractivity contribution is 9.10. The number of hydrogen-bond donors (Lipinski definition) is 1. The maximum absolute atomic E-state index is 14.0. The molecule has 218 valence electrons. The number of nitrogens with zero attached hydrogens (tertiary/aromatic N) is 3. The first-order valence-corrected chi connectivity index (χ1v) is 15.8. The van der Waals surface area contributed by atoms with Gasteiger partial charge >= 0.3 is 4.87 Å². The molecule has 4 aromatic rings. The number of anilines is 2. The molecule has 3 atom stereocenters. The minimum Gasteiger partial charge on any atom is -0.324 e. The zero-order chi connectivity index (χ0) is 30.6. The number of non-ortho nitro benzene ring substituents is 1. The van der Waals surface area contributed by atoms with E-state index in [0.717, 1.165) is 32.5 Å². The van der Waals surface area contributed by atoms with Crippen LogP contribution in [0.3, 0.4) is 0 Å². The van der Waals surface area contributed by atoms with E-state index < -0.39 is 44.6 Å². The molecule has 0 aliphatic carbocycles. The van der Waals surface area contributed by atoms with E-state index >= 15 is 0 Å². The molecule has 0 bridgehead atoms. The number of thioether (sulfide) groups is 1. The van der Waals surface area contributed by atoms with Crippen molar-refractivity contribution >= 4 is 97.0 Å². The van der Waals surface area contributed by atoms with Crippen molar-refractivity contribution in [3.05, 3.63) is 111 Å². The number of rotatable bonds is 6. The fourth-order valence-corrected chi connectivity index (χ4v) is 8.70. The summed E-state index contributed by atoms with van der Waals surface area (Å²) in [6, 6.07) is 17.1. The van der Waals surface area contributed by atoms with Gasteiger partial charge < -0.3 is 5.32 Å². The van der Waals surface area contributed by atoms with Gasteiger partial charge in [0.1, 0.15) is 11.8 Å². The van der Waals surface area contributed by atoms with E-state index in [2.05, 4.69) is 21.2 Å². The molecule has 10 nitrogen and oxygen atoms in total. The summed E-state index contributed by atoms with van der Waals surface area (Å²) in [6.45, 7) is -0.339. The van der Waals surface area contributed by atoms with Crippen molar-refractivity contribution in [3.8, 4) is 0 Å². The van der Waals surface area contributed by atoms with Gasteiger partial charge in [-0.2, -0.15) is 0 Å². The fraction of sp³-hybridized carbons (Fsp3) is 0.143. The van der Waals surface area contributed by atoms with Crippen LogP contribution in [-0.2, 0) is 20.9 Å². The number of amides is 3. The van der Waals surface area contributed by atoms with Gasteiger partial charge in [0.25, 0.3) is 5.69 Å². The van der Waals surface area contributed by atoms with Crippen LogP contribution >= 0.6 is 62.2 Å². The van der Waals surface area contributed by atoms with Gasteiger partial charge in [-0.1, -0.05) is 74.4 Å². The second kappa shape index (κ2) is 11.5. The van der Waals surface area contributed by atoms with E-state index in [0.29, 0.717) is 26.2 Å². The van der Waals surface area contributed by atoms with E-state index in [1.165, 1.54) is 41.0 Å². The van der Waals surface area contributed by atoms with Crippen molar-refractivity contribution < 1.29 is 19.3 Å². The van der Waals surface area contributed by atoms with Crippen molar-refractivity contribution in [2.24, 2.45) is 5.92 Å². The lowest BCUT2D eigenvalue weighted by Gasteiger charge is -2.30. The van der Waals surface area contributed by atoms with Crippen LogP contribution in [0.1, 0.15) is 16.4 Å². The number of imide groups is 1. The van der Waals surface area contributed by atoms with Gasteiger partial charge in [-0.05, 0) is 48.0 Å². The van der Waals surface area contributed by atoms with Crippen LogP contribution in [-0.4, -0.2) is 32.5 Å². The number of halogens is 3. The molecule has 0 spiro atoms. The maximum atomic E-state index is 14.0. The predicted molar refractivity (Wildman–Crippen MR) is 168 cm³/mol. The summed E-state index contributed by atoms with van der Waals surface area (Å²) in [5, 5.41) is 14.0. The first-order valence-electron chi connectivity index (χ1n) is 12.6. The van der Waals surface area contributed by atoms with E-state index in [1.54, 1.807) is 12.1 Å². The molecule has 6 rings (SSSR count). The van der Waals surface area contributed by atoms with Crippen LogP contribution in [0.15, 0.2) is 81.0 Å². The highest BCUT2D eigenvalue weighted by Gasteiger charge is 2.56. The number of carbonyl (C=O) groups excluding carboxylic acids is 3. The molecule has 1 N–H and O–H groups in total. The van der Waals surface area contributed by atoms with Gasteiger partial charge in [0.15, 0.2) is 0 Å². The Labute approximate surface area is 269 Å². The van der Waals surface area contributed by atoms with Crippen molar-refractivity contribution in [1.29, 1.82) is 0 Å². The minimum absolute atomic E-state index is 0.174. The van der Waals surface area contributed by atoms with E-state index in [4.69, 9.17) is 23.2 Å². The lowest BCUT2D eigenvalue weighted by Crippen LogP contribution is -2.33. The second-order valence-corrected chi connectivity index (χ2v) is 13.5. The summed E-state index contributed by atoms with van der Waals surface area (Å²) < 4.78 is 2.06. The largest absolute Gasteiger partial charge is 0.324 e. The number of benzene rings is 3. The summed E-state index contributed by atoms with van der Waals surface area (Å²) in [7, 11) is 0. The van der Waals surface area contributed by atoms with Gasteiger partial charge in [-0.3, -0.25) is 33.9 Å². The Balaban J connectivity index is 1.39. The van der Waals surface area contributed by atoms with E-state index in [-0.39, 0.29) is 22.9 Å². The van der Waals surface area contributed by atoms with Crippen LogP contribution in [0.2, 0.25) is 10.0 Å². The lowest BCUT2D eigenvalue weighted by atomic mass is 9.83.